The van der Waals surface area contributed by atoms with Crippen LogP contribution >= 0.6 is 11.8 Å². The minimum absolute atomic E-state index is 0.107. The zero-order chi connectivity index (χ0) is 20.4. The van der Waals surface area contributed by atoms with Gasteiger partial charge in [0.2, 0.25) is 11.5 Å². The second-order valence-corrected chi connectivity index (χ2v) is 7.71. The van der Waals surface area contributed by atoms with Gasteiger partial charge in [-0.15, -0.1) is 0 Å². The van der Waals surface area contributed by atoms with E-state index in [0.717, 1.165) is 10.9 Å². The van der Waals surface area contributed by atoms with Gasteiger partial charge in [0.15, 0.2) is 5.16 Å². The first-order chi connectivity index (χ1) is 14.1. The summed E-state index contributed by atoms with van der Waals surface area (Å²) in [5.74, 6) is 0.0733. The van der Waals surface area contributed by atoms with Crippen LogP contribution in [-0.4, -0.2) is 21.2 Å². The summed E-state index contributed by atoms with van der Waals surface area (Å²) in [7, 11) is 0. The molecule has 0 bridgehead atoms. The van der Waals surface area contributed by atoms with E-state index in [2.05, 4.69) is 10.3 Å². The van der Waals surface area contributed by atoms with Gasteiger partial charge in [0.1, 0.15) is 11.1 Å². The number of nitrogens with one attached hydrogen (secondary N) is 1. The van der Waals surface area contributed by atoms with Gasteiger partial charge >= 0.3 is 0 Å². The van der Waals surface area contributed by atoms with Gasteiger partial charge in [0.05, 0.1) is 5.75 Å². The lowest BCUT2D eigenvalue weighted by atomic mass is 10.1. The van der Waals surface area contributed by atoms with E-state index in [4.69, 9.17) is 4.42 Å². The van der Waals surface area contributed by atoms with E-state index in [-0.39, 0.29) is 22.8 Å². The monoisotopic (exact) mass is 407 g/mol. The van der Waals surface area contributed by atoms with Crippen molar-refractivity contribution in [1.82, 2.24) is 14.9 Å². The Kier molecular flexibility index (Phi) is 5.40. The molecular weight excluding hydrogens is 386 g/mol. The Labute approximate surface area is 171 Å². The van der Waals surface area contributed by atoms with Gasteiger partial charge in [-0.25, -0.2) is 4.98 Å². The van der Waals surface area contributed by atoms with E-state index >= 15 is 0 Å². The number of furan rings is 1. The fraction of sp³-hybridized carbons (Fsp3) is 0.227. The lowest BCUT2D eigenvalue weighted by Gasteiger charge is -2.10. The minimum Gasteiger partial charge on any atom is -0.448 e. The van der Waals surface area contributed by atoms with Crippen LogP contribution in [0.15, 0.2) is 62.9 Å². The molecule has 0 unspecified atom stereocenters. The molecule has 0 spiro atoms. The number of hydrogen-bond donors (Lipinski definition) is 1. The molecule has 2 aromatic heterocycles. The van der Waals surface area contributed by atoms with E-state index in [9.17, 15) is 9.59 Å². The highest BCUT2D eigenvalue weighted by atomic mass is 32.2. The van der Waals surface area contributed by atoms with E-state index in [1.165, 1.54) is 17.3 Å². The fourth-order valence-electron chi connectivity index (χ4n) is 3.13. The molecule has 2 aromatic carbocycles. The summed E-state index contributed by atoms with van der Waals surface area (Å²) < 4.78 is 7.26. The van der Waals surface area contributed by atoms with Crippen LogP contribution in [0.5, 0.6) is 0 Å². The predicted octanol–water partition coefficient (Wildman–Crippen LogP) is 3.88. The number of aromatic nitrogens is 2. The standard InChI is InChI=1S/C22H21N3O3S/c1-3-25-21(27)20-19(16-6-4-5-7-17(16)28-20)24-22(25)29-13-18(26)23-12-15-10-8-14(2)9-11-15/h4-11H,3,12-13H2,1-2H3,(H,23,26). The second kappa shape index (κ2) is 8.13. The highest BCUT2D eigenvalue weighted by molar-refractivity contribution is 7.99. The number of fused-ring (bicyclic) bond motifs is 3. The number of carbonyl (C=O) groups excluding carboxylic acids is 1. The van der Waals surface area contributed by atoms with E-state index < -0.39 is 0 Å². The molecule has 6 nitrogen and oxygen atoms in total. The maximum atomic E-state index is 12.8. The average Bonchev–Trinajstić information content (AvgIpc) is 3.11. The van der Waals surface area contributed by atoms with Crippen LogP contribution in [0.4, 0.5) is 0 Å². The molecule has 0 atom stereocenters. The van der Waals surface area contributed by atoms with Crippen molar-refractivity contribution in [2.45, 2.75) is 32.1 Å². The van der Waals surface area contributed by atoms with Crippen LogP contribution < -0.4 is 10.9 Å². The number of nitrogens with zero attached hydrogens (tertiary/aromatic N) is 2. The van der Waals surface area contributed by atoms with Crippen LogP contribution in [-0.2, 0) is 17.9 Å². The molecule has 29 heavy (non-hydrogen) atoms. The third-order valence-electron chi connectivity index (χ3n) is 4.71. The predicted molar refractivity (Wildman–Crippen MR) is 115 cm³/mol. The Morgan fingerprint density at radius 3 is 2.69 bits per heavy atom. The molecule has 1 amide bonds. The zero-order valence-corrected chi connectivity index (χ0v) is 17.1. The van der Waals surface area contributed by atoms with Gasteiger partial charge in [-0.1, -0.05) is 53.7 Å². The van der Waals surface area contributed by atoms with Gasteiger partial charge < -0.3 is 9.73 Å². The molecule has 148 valence electrons. The number of para-hydroxylation sites is 1. The van der Waals surface area contributed by atoms with Crippen molar-refractivity contribution in [3.8, 4) is 0 Å². The Bertz CT molecular complexity index is 1240. The van der Waals surface area contributed by atoms with Gasteiger partial charge in [0, 0.05) is 18.5 Å². The molecular formula is C22H21N3O3S. The molecule has 7 heteroatoms. The third-order valence-corrected chi connectivity index (χ3v) is 5.68. The number of rotatable bonds is 6. The number of thioether (sulfide) groups is 1. The SMILES string of the molecule is CCn1c(SCC(=O)NCc2ccc(C)cc2)nc2c(oc3ccccc32)c1=O. The van der Waals surface area contributed by atoms with Gasteiger partial charge in [-0.3, -0.25) is 14.2 Å². The number of amides is 1. The molecule has 1 N–H and O–H groups in total. The van der Waals surface area contributed by atoms with Crippen LogP contribution in [0.3, 0.4) is 0 Å². The molecule has 4 aromatic rings. The topological polar surface area (TPSA) is 77.1 Å². The summed E-state index contributed by atoms with van der Waals surface area (Å²) in [6.45, 7) is 4.82. The average molecular weight is 407 g/mol. The molecule has 0 saturated heterocycles. The molecule has 0 aliphatic carbocycles. The molecule has 0 aliphatic rings. The zero-order valence-electron chi connectivity index (χ0n) is 16.3. The fourth-order valence-corrected chi connectivity index (χ4v) is 4.02. The Hall–Kier alpha value is -3.06. The van der Waals surface area contributed by atoms with E-state index in [1.54, 1.807) is 4.57 Å². The first kappa shape index (κ1) is 19.3. The van der Waals surface area contributed by atoms with Crippen LogP contribution in [0.25, 0.3) is 22.1 Å². The summed E-state index contributed by atoms with van der Waals surface area (Å²) >= 11 is 1.26. The summed E-state index contributed by atoms with van der Waals surface area (Å²) in [4.78, 5) is 29.8. The Morgan fingerprint density at radius 2 is 1.93 bits per heavy atom. The summed E-state index contributed by atoms with van der Waals surface area (Å²) in [6.07, 6.45) is 0. The van der Waals surface area contributed by atoms with Crippen LogP contribution in [0.2, 0.25) is 0 Å². The molecule has 0 radical (unpaired) electrons. The Morgan fingerprint density at radius 1 is 1.17 bits per heavy atom. The largest absolute Gasteiger partial charge is 0.448 e. The first-order valence-electron chi connectivity index (χ1n) is 9.44. The maximum Gasteiger partial charge on any atom is 0.297 e. The number of hydrogen-bond acceptors (Lipinski definition) is 5. The van der Waals surface area contributed by atoms with Crippen molar-refractivity contribution < 1.29 is 9.21 Å². The molecule has 4 rings (SSSR count). The van der Waals surface area contributed by atoms with E-state index in [0.29, 0.717) is 29.3 Å². The normalized spacial score (nSPS) is 11.2. The number of benzene rings is 2. The molecule has 2 heterocycles. The van der Waals surface area contributed by atoms with Gasteiger partial charge in [-0.2, -0.15) is 0 Å². The van der Waals surface area contributed by atoms with Crippen molar-refractivity contribution >= 4 is 39.7 Å². The highest BCUT2D eigenvalue weighted by Gasteiger charge is 2.17. The number of aryl methyl sites for hydroxylation is 1. The number of carbonyl (C=O) groups is 1. The van der Waals surface area contributed by atoms with Crippen molar-refractivity contribution in [3.05, 3.63) is 70.0 Å². The Balaban J connectivity index is 1.53. The lowest BCUT2D eigenvalue weighted by Crippen LogP contribution is -2.26. The summed E-state index contributed by atoms with van der Waals surface area (Å²) in [6, 6.07) is 15.5. The van der Waals surface area contributed by atoms with Crippen LogP contribution in [0, 0.1) is 6.92 Å². The van der Waals surface area contributed by atoms with Crippen molar-refractivity contribution in [1.29, 1.82) is 0 Å². The smallest absolute Gasteiger partial charge is 0.297 e. The van der Waals surface area contributed by atoms with Crippen molar-refractivity contribution in [3.63, 3.8) is 0 Å². The van der Waals surface area contributed by atoms with Gasteiger partial charge in [-0.05, 0) is 31.5 Å². The lowest BCUT2D eigenvalue weighted by molar-refractivity contribution is -0.118. The quantitative estimate of drug-likeness (QED) is 0.388. The van der Waals surface area contributed by atoms with Crippen LogP contribution in [0.1, 0.15) is 18.1 Å². The summed E-state index contributed by atoms with van der Waals surface area (Å²) in [5, 5.41) is 4.22. The third kappa shape index (κ3) is 3.91. The maximum absolute atomic E-state index is 12.8. The summed E-state index contributed by atoms with van der Waals surface area (Å²) in [5.41, 5.74) is 3.42. The first-order valence-corrected chi connectivity index (χ1v) is 10.4. The minimum atomic E-state index is -0.226. The van der Waals surface area contributed by atoms with Gasteiger partial charge in [0.25, 0.3) is 5.56 Å². The molecule has 0 aliphatic heterocycles. The molecule has 0 saturated carbocycles. The van der Waals surface area contributed by atoms with Crippen molar-refractivity contribution in [2.24, 2.45) is 0 Å². The second-order valence-electron chi connectivity index (χ2n) is 6.77. The van der Waals surface area contributed by atoms with E-state index in [1.807, 2.05) is 62.4 Å². The highest BCUT2D eigenvalue weighted by Crippen LogP contribution is 2.27. The van der Waals surface area contributed by atoms with Crippen molar-refractivity contribution in [2.75, 3.05) is 5.75 Å². The molecule has 0 fully saturated rings.